The Balaban J connectivity index is 1.70. The highest BCUT2D eigenvalue weighted by molar-refractivity contribution is 7.89. The molecule has 0 spiro atoms. The zero-order valence-electron chi connectivity index (χ0n) is 16.4. The molecule has 0 aliphatic carbocycles. The van der Waals surface area contributed by atoms with Crippen molar-refractivity contribution >= 4 is 15.9 Å². The van der Waals surface area contributed by atoms with E-state index >= 15 is 0 Å². The first-order valence-electron chi connectivity index (χ1n) is 9.54. The highest BCUT2D eigenvalue weighted by Gasteiger charge is 2.36. The molecule has 1 aliphatic rings. The average Bonchev–Trinajstić information content (AvgIpc) is 2.71. The maximum absolute atomic E-state index is 13.0. The van der Waals surface area contributed by atoms with Gasteiger partial charge in [-0.3, -0.25) is 14.6 Å². The monoisotopic (exact) mass is 436 g/mol. The standard InChI is InChI=1S/C19H24N4O6S/c1-12-16(18(26)22-19(27)21-12)30(28,29)23-9-5-8-14(11-23)17(25)20-10-15(24)13-6-3-2-4-7-13/h2-4,6-7,14-15,24H,5,8-11H2,1H3,(H,20,25)(H2,21,22,26,27)/t14-,15+/m0/s1. The number of nitrogens with zero attached hydrogens (tertiary/aromatic N) is 1. The fourth-order valence-electron chi connectivity index (χ4n) is 3.54. The number of hydrogen-bond acceptors (Lipinski definition) is 6. The Hall–Kier alpha value is -2.76. The lowest BCUT2D eigenvalue weighted by molar-refractivity contribution is -0.126. The van der Waals surface area contributed by atoms with Crippen molar-refractivity contribution in [2.24, 2.45) is 5.92 Å². The number of nitrogens with one attached hydrogen (secondary N) is 3. The second-order valence-electron chi connectivity index (χ2n) is 7.24. The summed E-state index contributed by atoms with van der Waals surface area (Å²) >= 11 is 0. The summed E-state index contributed by atoms with van der Waals surface area (Å²) in [5.41, 5.74) is -1.17. The SMILES string of the molecule is Cc1[nH]c(=O)[nH]c(=O)c1S(=O)(=O)N1CCC[C@H](C(=O)NC[C@@H](O)c2ccccc2)C1. The third-order valence-electron chi connectivity index (χ3n) is 5.08. The number of sulfonamides is 1. The van der Waals surface area contributed by atoms with Crippen molar-refractivity contribution in [2.45, 2.75) is 30.8 Å². The number of aromatic amines is 2. The topological polar surface area (TPSA) is 152 Å². The molecule has 4 N–H and O–H groups in total. The van der Waals surface area contributed by atoms with Crippen LogP contribution in [0.25, 0.3) is 0 Å². The summed E-state index contributed by atoms with van der Waals surface area (Å²) < 4.78 is 27.0. The van der Waals surface area contributed by atoms with Gasteiger partial charge in [0.15, 0.2) is 4.90 Å². The molecular weight excluding hydrogens is 412 g/mol. The first kappa shape index (κ1) is 21.9. The van der Waals surface area contributed by atoms with E-state index in [-0.39, 0.29) is 31.2 Å². The van der Waals surface area contributed by atoms with Crippen molar-refractivity contribution in [3.05, 3.63) is 62.4 Å². The van der Waals surface area contributed by atoms with Crippen LogP contribution in [-0.4, -0.2) is 53.3 Å². The number of hydrogen-bond donors (Lipinski definition) is 4. The Labute approximate surface area is 173 Å². The Kier molecular flexibility index (Phi) is 6.54. The number of benzene rings is 1. The van der Waals surface area contributed by atoms with E-state index in [1.165, 1.54) is 6.92 Å². The van der Waals surface area contributed by atoms with Gasteiger partial charge < -0.3 is 15.4 Å². The van der Waals surface area contributed by atoms with Gasteiger partial charge in [0.25, 0.3) is 5.56 Å². The van der Waals surface area contributed by atoms with Crippen molar-refractivity contribution in [2.75, 3.05) is 19.6 Å². The molecule has 30 heavy (non-hydrogen) atoms. The number of amides is 1. The molecule has 1 aliphatic heterocycles. The first-order valence-corrected chi connectivity index (χ1v) is 11.0. The minimum absolute atomic E-state index is 0.00476. The van der Waals surface area contributed by atoms with Crippen LogP contribution in [0.2, 0.25) is 0 Å². The van der Waals surface area contributed by atoms with Gasteiger partial charge in [-0.1, -0.05) is 30.3 Å². The van der Waals surface area contributed by atoms with Crippen molar-refractivity contribution < 1.29 is 18.3 Å². The molecule has 162 valence electrons. The number of carbonyl (C=O) groups is 1. The van der Waals surface area contributed by atoms with Gasteiger partial charge in [0.05, 0.1) is 12.0 Å². The van der Waals surface area contributed by atoms with Crippen LogP contribution in [-0.2, 0) is 14.8 Å². The number of piperidine rings is 1. The van der Waals surface area contributed by atoms with E-state index < -0.39 is 38.2 Å². The molecule has 11 heteroatoms. The minimum Gasteiger partial charge on any atom is -0.387 e. The second kappa shape index (κ2) is 8.94. The Morgan fingerprint density at radius 2 is 1.97 bits per heavy atom. The van der Waals surface area contributed by atoms with E-state index in [1.54, 1.807) is 24.3 Å². The zero-order chi connectivity index (χ0) is 21.9. The smallest absolute Gasteiger partial charge is 0.325 e. The highest BCUT2D eigenvalue weighted by atomic mass is 32.2. The van der Waals surface area contributed by atoms with Crippen LogP contribution in [0.1, 0.15) is 30.2 Å². The van der Waals surface area contributed by atoms with Gasteiger partial charge in [0.2, 0.25) is 15.9 Å². The van der Waals surface area contributed by atoms with Gasteiger partial charge >= 0.3 is 5.69 Å². The van der Waals surface area contributed by atoms with Crippen LogP contribution in [0.5, 0.6) is 0 Å². The molecule has 1 aromatic heterocycles. The summed E-state index contributed by atoms with van der Waals surface area (Å²) in [5.74, 6) is -0.976. The number of rotatable bonds is 6. The number of H-pyrrole nitrogens is 2. The lowest BCUT2D eigenvalue weighted by Crippen LogP contribution is -2.47. The normalized spacial score (nSPS) is 18.7. The zero-order valence-corrected chi connectivity index (χ0v) is 17.2. The lowest BCUT2D eigenvalue weighted by Gasteiger charge is -2.31. The average molecular weight is 436 g/mol. The largest absolute Gasteiger partial charge is 0.387 e. The molecule has 0 radical (unpaired) electrons. The Morgan fingerprint density at radius 1 is 1.27 bits per heavy atom. The maximum Gasteiger partial charge on any atom is 0.325 e. The van der Waals surface area contributed by atoms with Crippen LogP contribution in [0.4, 0.5) is 0 Å². The predicted molar refractivity (Wildman–Crippen MR) is 108 cm³/mol. The van der Waals surface area contributed by atoms with Crippen molar-refractivity contribution in [1.29, 1.82) is 0 Å². The summed E-state index contributed by atoms with van der Waals surface area (Å²) in [6.07, 6.45) is 0.0555. The van der Waals surface area contributed by atoms with Crippen molar-refractivity contribution in [3.8, 4) is 0 Å². The number of aromatic nitrogens is 2. The molecule has 0 saturated carbocycles. The molecule has 3 rings (SSSR count). The van der Waals surface area contributed by atoms with Crippen LogP contribution < -0.4 is 16.6 Å². The molecule has 2 atom stereocenters. The first-order chi connectivity index (χ1) is 14.2. The maximum atomic E-state index is 13.0. The predicted octanol–water partition coefficient (Wildman–Crippen LogP) is -0.378. The van der Waals surface area contributed by atoms with E-state index in [9.17, 15) is 27.9 Å². The quantitative estimate of drug-likeness (QED) is 0.484. The van der Waals surface area contributed by atoms with E-state index in [0.717, 1.165) is 4.31 Å². The molecule has 1 saturated heterocycles. The second-order valence-corrected chi connectivity index (χ2v) is 9.11. The summed E-state index contributed by atoms with van der Waals surface area (Å²) in [6.45, 7) is 1.41. The van der Waals surface area contributed by atoms with Crippen LogP contribution >= 0.6 is 0 Å². The van der Waals surface area contributed by atoms with Gasteiger partial charge in [-0.05, 0) is 25.3 Å². The molecule has 0 bridgehead atoms. The van der Waals surface area contributed by atoms with Crippen molar-refractivity contribution in [3.63, 3.8) is 0 Å². The summed E-state index contributed by atoms with van der Waals surface area (Å²) in [6, 6.07) is 8.88. The number of aliphatic hydroxyl groups is 1. The van der Waals surface area contributed by atoms with Gasteiger partial charge in [-0.15, -0.1) is 0 Å². The van der Waals surface area contributed by atoms with Gasteiger partial charge in [0, 0.05) is 25.3 Å². The van der Waals surface area contributed by atoms with Crippen LogP contribution in [0, 0.1) is 12.8 Å². The van der Waals surface area contributed by atoms with Crippen LogP contribution in [0.15, 0.2) is 44.8 Å². The van der Waals surface area contributed by atoms with Crippen molar-refractivity contribution in [1.82, 2.24) is 19.6 Å². The third kappa shape index (κ3) is 4.69. The van der Waals surface area contributed by atoms with Crippen LogP contribution in [0.3, 0.4) is 0 Å². The summed E-state index contributed by atoms with van der Waals surface area (Å²) in [4.78, 5) is 39.7. The van der Waals surface area contributed by atoms with E-state index in [1.807, 2.05) is 11.1 Å². The highest BCUT2D eigenvalue weighted by Crippen LogP contribution is 2.23. The molecule has 1 aromatic carbocycles. The molecule has 0 unspecified atom stereocenters. The molecule has 1 amide bonds. The lowest BCUT2D eigenvalue weighted by atomic mass is 9.98. The molecule has 10 nitrogen and oxygen atoms in total. The van der Waals surface area contributed by atoms with E-state index in [0.29, 0.717) is 18.4 Å². The number of carbonyl (C=O) groups excluding carboxylic acids is 1. The number of aliphatic hydroxyl groups excluding tert-OH is 1. The van der Waals surface area contributed by atoms with E-state index in [4.69, 9.17) is 0 Å². The molecule has 1 fully saturated rings. The Bertz CT molecular complexity index is 1130. The van der Waals surface area contributed by atoms with Gasteiger partial charge in [-0.25, -0.2) is 13.2 Å². The molecular formula is C19H24N4O6S. The third-order valence-corrected chi connectivity index (χ3v) is 7.10. The van der Waals surface area contributed by atoms with Gasteiger partial charge in [0.1, 0.15) is 0 Å². The fraction of sp³-hybridized carbons (Fsp3) is 0.421. The number of aryl methyl sites for hydroxylation is 1. The molecule has 2 heterocycles. The summed E-state index contributed by atoms with van der Waals surface area (Å²) in [7, 11) is -4.19. The van der Waals surface area contributed by atoms with Gasteiger partial charge in [-0.2, -0.15) is 4.31 Å². The van der Waals surface area contributed by atoms with E-state index in [2.05, 4.69) is 10.3 Å². The molecule has 2 aromatic rings. The fourth-order valence-corrected chi connectivity index (χ4v) is 5.26. The minimum atomic E-state index is -4.19. The Morgan fingerprint density at radius 3 is 2.63 bits per heavy atom. The summed E-state index contributed by atoms with van der Waals surface area (Å²) in [5, 5.41) is 12.9.